The van der Waals surface area contributed by atoms with Crippen molar-refractivity contribution < 1.29 is 8.78 Å². The van der Waals surface area contributed by atoms with Crippen LogP contribution >= 0.6 is 0 Å². The second-order valence-corrected chi connectivity index (χ2v) is 8.19. The zero-order chi connectivity index (χ0) is 25.5. The summed E-state index contributed by atoms with van der Waals surface area (Å²) < 4.78 is 24.7. The smallest absolute Gasteiger partial charge is 0.159 e. The third-order valence-electron chi connectivity index (χ3n) is 5.54. The molecule has 1 aromatic heterocycles. The molecule has 0 aliphatic carbocycles. The van der Waals surface area contributed by atoms with E-state index in [9.17, 15) is 8.78 Å². The SMILES string of the molecule is C=C/C(C)=C\c1ccccc1C.CCCc1c(CC)ccnc1C.CCc1ccc(F)c(F)c1. The molecule has 0 N–H and O–H groups in total. The molecular weight excluding hydrogens is 424 g/mol. The lowest BCUT2D eigenvalue weighted by atomic mass is 10.0. The Morgan fingerprint density at radius 2 is 1.65 bits per heavy atom. The average molecular weight is 464 g/mol. The van der Waals surface area contributed by atoms with Crippen molar-refractivity contribution in [3.63, 3.8) is 0 Å². The fourth-order valence-electron chi connectivity index (χ4n) is 3.39. The summed E-state index contributed by atoms with van der Waals surface area (Å²) in [5.74, 6) is -1.54. The predicted octanol–water partition coefficient (Wildman–Crippen LogP) is 9.02. The third-order valence-corrected chi connectivity index (χ3v) is 5.54. The van der Waals surface area contributed by atoms with Gasteiger partial charge in [-0.25, -0.2) is 8.78 Å². The molecule has 2 aromatic carbocycles. The number of pyridine rings is 1. The van der Waals surface area contributed by atoms with Gasteiger partial charge in [0.05, 0.1) is 0 Å². The quantitative estimate of drug-likeness (QED) is 0.332. The summed E-state index contributed by atoms with van der Waals surface area (Å²) in [5, 5.41) is 0. The number of benzene rings is 2. The Morgan fingerprint density at radius 3 is 2.21 bits per heavy atom. The second-order valence-electron chi connectivity index (χ2n) is 8.19. The molecule has 182 valence electrons. The number of nitrogens with zero attached hydrogens (tertiary/aromatic N) is 1. The Hall–Kier alpha value is -3.07. The Kier molecular flexibility index (Phi) is 13.4. The number of aromatic nitrogens is 1. The minimum Gasteiger partial charge on any atom is -0.261 e. The number of hydrogen-bond donors (Lipinski definition) is 0. The second kappa shape index (κ2) is 15.7. The van der Waals surface area contributed by atoms with E-state index in [2.05, 4.69) is 82.6 Å². The summed E-state index contributed by atoms with van der Waals surface area (Å²) in [6.07, 6.45) is 10.2. The largest absolute Gasteiger partial charge is 0.261 e. The molecule has 0 saturated heterocycles. The van der Waals surface area contributed by atoms with Gasteiger partial charge in [-0.2, -0.15) is 0 Å². The first kappa shape index (κ1) is 29.0. The van der Waals surface area contributed by atoms with E-state index in [0.29, 0.717) is 0 Å². The predicted molar refractivity (Wildman–Crippen MR) is 143 cm³/mol. The number of hydrogen-bond acceptors (Lipinski definition) is 1. The first-order valence-electron chi connectivity index (χ1n) is 12.0. The molecule has 34 heavy (non-hydrogen) atoms. The molecule has 0 aliphatic rings. The molecule has 3 rings (SSSR count). The van der Waals surface area contributed by atoms with E-state index in [1.165, 1.54) is 52.4 Å². The first-order chi connectivity index (χ1) is 16.3. The van der Waals surface area contributed by atoms with Crippen molar-refractivity contribution in [3.05, 3.63) is 118 Å². The van der Waals surface area contributed by atoms with E-state index in [0.717, 1.165) is 24.5 Å². The van der Waals surface area contributed by atoms with E-state index in [1.54, 1.807) is 6.07 Å². The fraction of sp³-hybridized carbons (Fsp3) is 0.323. The lowest BCUT2D eigenvalue weighted by molar-refractivity contribution is 0.507. The zero-order valence-electron chi connectivity index (χ0n) is 21.6. The first-order valence-corrected chi connectivity index (χ1v) is 12.0. The van der Waals surface area contributed by atoms with Gasteiger partial charge in [-0.05, 0) is 86.1 Å². The van der Waals surface area contributed by atoms with Crippen LogP contribution in [0.1, 0.15) is 67.6 Å². The summed E-state index contributed by atoms with van der Waals surface area (Å²) >= 11 is 0. The Balaban J connectivity index is 0.000000256. The molecular formula is C31H39F2N. The molecule has 0 spiro atoms. The molecule has 1 heterocycles. The Labute approximate surface area is 205 Å². The molecule has 0 bridgehead atoms. The van der Waals surface area contributed by atoms with Crippen molar-refractivity contribution in [2.24, 2.45) is 0 Å². The summed E-state index contributed by atoms with van der Waals surface area (Å²) in [4.78, 5) is 4.31. The van der Waals surface area contributed by atoms with Crippen molar-refractivity contribution in [1.82, 2.24) is 4.98 Å². The van der Waals surface area contributed by atoms with E-state index in [-0.39, 0.29) is 0 Å². The van der Waals surface area contributed by atoms with Crippen LogP contribution in [0.3, 0.4) is 0 Å². The van der Waals surface area contributed by atoms with Gasteiger partial charge in [0, 0.05) is 11.9 Å². The van der Waals surface area contributed by atoms with Gasteiger partial charge in [0.1, 0.15) is 0 Å². The highest BCUT2D eigenvalue weighted by Crippen LogP contribution is 2.14. The maximum absolute atomic E-state index is 12.4. The molecule has 3 aromatic rings. The fourth-order valence-corrected chi connectivity index (χ4v) is 3.39. The molecule has 0 fully saturated rings. The minimum absolute atomic E-state index is 0.733. The normalized spacial score (nSPS) is 10.5. The van der Waals surface area contributed by atoms with Crippen molar-refractivity contribution >= 4 is 6.08 Å². The minimum atomic E-state index is -0.780. The van der Waals surface area contributed by atoms with Crippen molar-refractivity contribution in [2.45, 2.75) is 67.2 Å². The Bertz CT molecular complexity index is 1070. The van der Waals surface area contributed by atoms with E-state index in [1.807, 2.05) is 19.2 Å². The van der Waals surface area contributed by atoms with E-state index < -0.39 is 11.6 Å². The molecule has 1 nitrogen and oxygen atoms in total. The van der Waals surface area contributed by atoms with E-state index in [4.69, 9.17) is 0 Å². The summed E-state index contributed by atoms with van der Waals surface area (Å²) in [5.41, 5.74) is 8.72. The van der Waals surface area contributed by atoms with Gasteiger partial charge in [0.2, 0.25) is 0 Å². The molecule has 0 radical (unpaired) electrons. The van der Waals surface area contributed by atoms with Crippen LogP contribution in [0.2, 0.25) is 0 Å². The van der Waals surface area contributed by atoms with Crippen LogP contribution in [0.15, 0.2) is 73.0 Å². The highest BCUT2D eigenvalue weighted by atomic mass is 19.2. The number of rotatable bonds is 6. The standard InChI is InChI=1S/C12H14.C11H17N.C8H8F2/c1-4-10(2)9-12-8-6-5-7-11(12)3;1-4-6-11-9(3)12-8-7-10(11)5-2;1-2-6-3-4-7(9)8(10)5-6/h4-9H,1H2,2-3H3;7-8H,4-6H2,1-3H3;3-5H,2H2,1H3/b10-9-;;. The van der Waals surface area contributed by atoms with Gasteiger partial charge < -0.3 is 0 Å². The van der Waals surface area contributed by atoms with Gasteiger partial charge in [-0.15, -0.1) is 0 Å². The topological polar surface area (TPSA) is 12.9 Å². The molecule has 0 amide bonds. The number of aryl methyl sites for hydroxylation is 4. The van der Waals surface area contributed by atoms with Gasteiger partial charge in [0.15, 0.2) is 11.6 Å². The highest BCUT2D eigenvalue weighted by molar-refractivity contribution is 5.57. The van der Waals surface area contributed by atoms with Crippen molar-refractivity contribution in [2.75, 3.05) is 0 Å². The molecule has 0 atom stereocenters. The van der Waals surface area contributed by atoms with Crippen molar-refractivity contribution in [1.29, 1.82) is 0 Å². The summed E-state index contributed by atoms with van der Waals surface area (Å²) in [7, 11) is 0. The summed E-state index contributed by atoms with van der Waals surface area (Å²) in [6, 6.07) is 14.4. The highest BCUT2D eigenvalue weighted by Gasteiger charge is 2.03. The van der Waals surface area contributed by atoms with Gasteiger partial charge in [-0.1, -0.05) is 81.8 Å². The molecule has 3 heteroatoms. The Morgan fingerprint density at radius 1 is 0.941 bits per heavy atom. The van der Waals surface area contributed by atoms with Crippen LogP contribution in [0.5, 0.6) is 0 Å². The van der Waals surface area contributed by atoms with E-state index >= 15 is 0 Å². The van der Waals surface area contributed by atoms with Crippen LogP contribution < -0.4 is 0 Å². The average Bonchev–Trinajstić information content (AvgIpc) is 2.84. The van der Waals surface area contributed by atoms with Crippen LogP contribution in [0.4, 0.5) is 8.78 Å². The maximum atomic E-state index is 12.4. The molecule has 0 unspecified atom stereocenters. The third kappa shape index (κ3) is 9.82. The number of allylic oxidation sites excluding steroid dienone is 2. The van der Waals surface area contributed by atoms with Gasteiger partial charge >= 0.3 is 0 Å². The van der Waals surface area contributed by atoms with Crippen molar-refractivity contribution in [3.8, 4) is 0 Å². The number of halogens is 2. The molecule has 0 aliphatic heterocycles. The lowest BCUT2D eigenvalue weighted by Gasteiger charge is -2.08. The van der Waals surface area contributed by atoms with Gasteiger partial charge in [0.25, 0.3) is 0 Å². The summed E-state index contributed by atoms with van der Waals surface area (Å²) in [6.45, 7) is 16.3. The van der Waals surface area contributed by atoms with Crippen LogP contribution in [-0.4, -0.2) is 4.98 Å². The van der Waals surface area contributed by atoms with Crippen LogP contribution in [-0.2, 0) is 19.3 Å². The van der Waals surface area contributed by atoms with Crippen LogP contribution in [0, 0.1) is 25.5 Å². The molecule has 0 saturated carbocycles. The zero-order valence-corrected chi connectivity index (χ0v) is 21.6. The maximum Gasteiger partial charge on any atom is 0.159 e. The van der Waals surface area contributed by atoms with Crippen LogP contribution in [0.25, 0.3) is 6.08 Å². The van der Waals surface area contributed by atoms with Gasteiger partial charge in [-0.3, -0.25) is 4.98 Å². The lowest BCUT2D eigenvalue weighted by Crippen LogP contribution is -1.97. The monoisotopic (exact) mass is 463 g/mol.